The zero-order valence-corrected chi connectivity index (χ0v) is 28.6. The van der Waals surface area contributed by atoms with Gasteiger partial charge in [0.1, 0.15) is 15.6 Å². The van der Waals surface area contributed by atoms with Crippen molar-refractivity contribution in [2.75, 3.05) is 25.1 Å². The van der Waals surface area contributed by atoms with E-state index in [-0.39, 0.29) is 47.7 Å². The Hall–Kier alpha value is -4.40. The number of thioether (sulfide) groups is 1. The van der Waals surface area contributed by atoms with Gasteiger partial charge < -0.3 is 29.4 Å². The Kier molecular flexibility index (Phi) is 12.8. The molecule has 4 aromatic rings. The van der Waals surface area contributed by atoms with Gasteiger partial charge in [-0.15, -0.1) is 21.5 Å². The van der Waals surface area contributed by atoms with Crippen molar-refractivity contribution in [3.8, 4) is 5.75 Å². The number of thiophene rings is 1. The molecule has 0 bridgehead atoms. The van der Waals surface area contributed by atoms with Crippen LogP contribution in [0.4, 0.5) is 5.00 Å². The second-order valence-electron chi connectivity index (χ2n) is 9.94. The number of rotatable bonds is 15. The highest BCUT2D eigenvalue weighted by Crippen LogP contribution is 2.35. The third-order valence-electron chi connectivity index (χ3n) is 6.58. The number of esters is 2. The minimum atomic E-state index is -0.701. The predicted octanol–water partition coefficient (Wildman–Crippen LogP) is 5.52. The summed E-state index contributed by atoms with van der Waals surface area (Å²) in [5, 5.41) is 14.7. The first kappa shape index (κ1) is 35.5. The van der Waals surface area contributed by atoms with Crippen molar-refractivity contribution in [2.45, 2.75) is 51.2 Å². The first-order valence-corrected chi connectivity index (χ1v) is 16.7. The number of benzene rings is 2. The molecule has 4 rings (SSSR count). The number of carbonyl (C=O) groups is 4. The van der Waals surface area contributed by atoms with Crippen LogP contribution in [0.5, 0.6) is 5.75 Å². The van der Waals surface area contributed by atoms with Crippen LogP contribution in [-0.4, -0.2) is 63.6 Å². The summed E-state index contributed by atoms with van der Waals surface area (Å²) < 4.78 is 17.7. The van der Waals surface area contributed by atoms with Gasteiger partial charge in [0.05, 0.1) is 37.1 Å². The molecule has 248 valence electrons. The third-order valence-corrected chi connectivity index (χ3v) is 9.10. The van der Waals surface area contributed by atoms with E-state index in [1.165, 1.54) is 0 Å². The van der Waals surface area contributed by atoms with E-state index >= 15 is 0 Å². The fourth-order valence-corrected chi connectivity index (χ4v) is 6.32. The molecule has 0 unspecified atom stereocenters. The van der Waals surface area contributed by atoms with Gasteiger partial charge in [-0.1, -0.05) is 53.7 Å². The summed E-state index contributed by atoms with van der Waals surface area (Å²) in [6, 6.07) is 16.3. The summed E-state index contributed by atoms with van der Waals surface area (Å²) >= 11 is 8.01. The van der Waals surface area contributed by atoms with E-state index in [0.29, 0.717) is 33.9 Å². The Balaban J connectivity index is 1.49. The number of aromatic nitrogens is 3. The van der Waals surface area contributed by atoms with Gasteiger partial charge in [0.15, 0.2) is 17.6 Å². The predicted molar refractivity (Wildman–Crippen MR) is 179 cm³/mol. The molecular weight excluding hydrogens is 666 g/mol. The van der Waals surface area contributed by atoms with Gasteiger partial charge in [-0.05, 0) is 63.1 Å². The number of hydrogen-bond donors (Lipinski definition) is 2. The molecule has 2 aromatic heterocycles. The highest BCUT2D eigenvalue weighted by molar-refractivity contribution is 8.00. The van der Waals surface area contributed by atoms with Crippen LogP contribution in [-0.2, 0) is 32.2 Å². The second kappa shape index (κ2) is 17.0. The highest BCUT2D eigenvalue weighted by atomic mass is 35.5. The smallest absolute Gasteiger partial charge is 0.348 e. The molecule has 15 heteroatoms. The molecule has 0 aliphatic rings. The van der Waals surface area contributed by atoms with E-state index in [4.69, 9.17) is 25.8 Å². The number of halogens is 1. The lowest BCUT2D eigenvalue weighted by atomic mass is 10.1. The molecule has 0 spiro atoms. The van der Waals surface area contributed by atoms with Gasteiger partial charge in [0, 0.05) is 5.02 Å². The van der Waals surface area contributed by atoms with Gasteiger partial charge >= 0.3 is 11.9 Å². The van der Waals surface area contributed by atoms with Gasteiger partial charge in [-0.2, -0.15) is 0 Å². The molecule has 0 aliphatic heterocycles. The summed E-state index contributed by atoms with van der Waals surface area (Å²) in [6.07, 6.45) is 0. The zero-order chi connectivity index (χ0) is 33.9. The molecule has 2 N–H and O–H groups in total. The van der Waals surface area contributed by atoms with Gasteiger partial charge in [-0.3, -0.25) is 9.59 Å². The molecule has 0 radical (unpaired) electrons. The van der Waals surface area contributed by atoms with E-state index in [9.17, 15) is 19.2 Å². The fraction of sp³-hybridized carbons (Fsp3) is 0.312. The van der Waals surface area contributed by atoms with Crippen LogP contribution in [0.1, 0.15) is 57.8 Å². The maximum atomic E-state index is 13.4. The summed E-state index contributed by atoms with van der Waals surface area (Å²) in [7, 11) is 0. The Morgan fingerprint density at radius 1 is 0.979 bits per heavy atom. The van der Waals surface area contributed by atoms with Crippen molar-refractivity contribution in [3.63, 3.8) is 0 Å². The highest BCUT2D eigenvalue weighted by Gasteiger charge is 2.29. The van der Waals surface area contributed by atoms with Crippen LogP contribution in [0.3, 0.4) is 0 Å². The zero-order valence-electron chi connectivity index (χ0n) is 26.2. The lowest BCUT2D eigenvalue weighted by Crippen LogP contribution is -2.29. The minimum absolute atomic E-state index is 0.0673. The van der Waals surface area contributed by atoms with Crippen LogP contribution in [0.15, 0.2) is 59.8 Å². The molecule has 2 heterocycles. The lowest BCUT2D eigenvalue weighted by Gasteiger charge is -2.14. The summed E-state index contributed by atoms with van der Waals surface area (Å²) in [5.74, 6) is -1.05. The van der Waals surface area contributed by atoms with Gasteiger partial charge in [-0.25, -0.2) is 9.59 Å². The van der Waals surface area contributed by atoms with Crippen LogP contribution in [0, 0.1) is 6.92 Å². The summed E-state index contributed by atoms with van der Waals surface area (Å²) in [6.45, 7) is 7.18. The molecule has 1 atom stereocenters. The van der Waals surface area contributed by atoms with E-state index < -0.39 is 23.1 Å². The van der Waals surface area contributed by atoms with Crippen LogP contribution >= 0.6 is 34.7 Å². The second-order valence-corrected chi connectivity index (χ2v) is 12.7. The van der Waals surface area contributed by atoms with Crippen LogP contribution in [0.25, 0.3) is 0 Å². The fourth-order valence-electron chi connectivity index (χ4n) is 4.24. The van der Waals surface area contributed by atoms with Crippen molar-refractivity contribution in [1.82, 2.24) is 20.1 Å². The molecule has 0 aliphatic carbocycles. The number of nitrogens with zero attached hydrogens (tertiary/aromatic N) is 3. The first-order chi connectivity index (χ1) is 22.6. The summed E-state index contributed by atoms with van der Waals surface area (Å²) in [4.78, 5) is 51.5. The number of anilines is 1. The average Bonchev–Trinajstić information content (AvgIpc) is 3.59. The van der Waals surface area contributed by atoms with Crippen molar-refractivity contribution in [1.29, 1.82) is 0 Å². The van der Waals surface area contributed by atoms with Crippen molar-refractivity contribution >= 4 is 63.5 Å². The standard InChI is InChI=1S/C32H34ClN5O7S2/c1-5-43-30(41)26-19(3)27(31(42)44-6-2)47-29(26)35-28(40)20(4)46-32-37-36-24(38(32)17-21-10-8-7-9-11-21)16-34-25(39)18-45-23-14-12-22(33)13-15-23/h7-15,20H,5-6,16-18H2,1-4H3,(H,34,39)(H,35,40)/t20-/m0/s1. The molecule has 0 saturated carbocycles. The molecule has 12 nitrogen and oxygen atoms in total. The Morgan fingerprint density at radius 2 is 1.66 bits per heavy atom. The lowest BCUT2D eigenvalue weighted by molar-refractivity contribution is -0.123. The number of nitrogens with one attached hydrogen (secondary N) is 2. The van der Waals surface area contributed by atoms with Gasteiger partial charge in [0.25, 0.3) is 5.91 Å². The minimum Gasteiger partial charge on any atom is -0.484 e. The SMILES string of the molecule is CCOC(=O)c1sc(NC(=O)[C@H](C)Sc2nnc(CNC(=O)COc3ccc(Cl)cc3)n2Cc2ccccc2)c(C(=O)OCC)c1C. The molecule has 2 aromatic carbocycles. The number of amides is 2. The van der Waals surface area contributed by atoms with Crippen LogP contribution < -0.4 is 15.4 Å². The normalized spacial score (nSPS) is 11.4. The van der Waals surface area contributed by atoms with E-state index in [1.54, 1.807) is 52.0 Å². The maximum absolute atomic E-state index is 13.4. The number of ether oxygens (including phenoxy) is 3. The third kappa shape index (κ3) is 9.56. The quantitative estimate of drug-likeness (QED) is 0.120. The molecule has 0 fully saturated rings. The Bertz CT molecular complexity index is 1710. The average molecular weight is 700 g/mol. The van der Waals surface area contributed by atoms with Gasteiger partial charge in [0.2, 0.25) is 5.91 Å². The largest absolute Gasteiger partial charge is 0.484 e. The van der Waals surface area contributed by atoms with E-state index in [0.717, 1.165) is 28.7 Å². The summed E-state index contributed by atoms with van der Waals surface area (Å²) in [5.41, 5.74) is 1.44. The molecule has 2 amide bonds. The number of carbonyl (C=O) groups excluding carboxylic acids is 4. The van der Waals surface area contributed by atoms with Crippen LogP contribution in [0.2, 0.25) is 5.02 Å². The first-order valence-electron chi connectivity index (χ1n) is 14.7. The number of hydrogen-bond acceptors (Lipinski definition) is 11. The Morgan fingerprint density at radius 3 is 2.34 bits per heavy atom. The van der Waals surface area contributed by atoms with Crippen molar-refractivity contribution in [3.05, 3.63) is 87.0 Å². The maximum Gasteiger partial charge on any atom is 0.348 e. The molecule has 0 saturated heterocycles. The molecular formula is C32H34ClN5O7S2. The Labute approximate surface area is 285 Å². The van der Waals surface area contributed by atoms with E-state index in [2.05, 4.69) is 20.8 Å². The topological polar surface area (TPSA) is 151 Å². The van der Waals surface area contributed by atoms with Crippen molar-refractivity contribution < 1.29 is 33.4 Å². The van der Waals surface area contributed by atoms with Crippen molar-refractivity contribution in [2.24, 2.45) is 0 Å². The monoisotopic (exact) mass is 699 g/mol. The van der Waals surface area contributed by atoms with E-state index in [1.807, 2.05) is 34.9 Å². The molecule has 47 heavy (non-hydrogen) atoms.